The number of aromatic amines is 1. The van der Waals surface area contributed by atoms with E-state index < -0.39 is 9.84 Å². The standard InChI is InChI=1S/C19H19NO2S/c1-13-5-4-6-16(11-13)18-12-14(2)20-19(18)15-7-9-17(10-8-15)23(3,21)22/h4-12,20H,1-3H3. The van der Waals surface area contributed by atoms with Gasteiger partial charge < -0.3 is 4.98 Å². The zero-order valence-corrected chi connectivity index (χ0v) is 14.2. The van der Waals surface area contributed by atoms with Crippen LogP contribution in [0.4, 0.5) is 0 Å². The number of aromatic nitrogens is 1. The van der Waals surface area contributed by atoms with Gasteiger partial charge in [0, 0.05) is 17.5 Å². The molecule has 0 fully saturated rings. The summed E-state index contributed by atoms with van der Waals surface area (Å²) in [6, 6.07) is 17.5. The molecule has 3 rings (SSSR count). The maximum absolute atomic E-state index is 11.6. The quantitative estimate of drug-likeness (QED) is 0.777. The van der Waals surface area contributed by atoms with Crippen molar-refractivity contribution in [2.45, 2.75) is 18.7 Å². The molecule has 1 aromatic heterocycles. The van der Waals surface area contributed by atoms with Crippen LogP contribution in [0, 0.1) is 13.8 Å². The molecule has 0 saturated heterocycles. The maximum Gasteiger partial charge on any atom is 0.175 e. The van der Waals surface area contributed by atoms with Crippen LogP contribution >= 0.6 is 0 Å². The van der Waals surface area contributed by atoms with Gasteiger partial charge in [0.05, 0.1) is 10.6 Å². The first-order valence-electron chi connectivity index (χ1n) is 7.42. The highest BCUT2D eigenvalue weighted by Gasteiger charge is 2.12. The molecular weight excluding hydrogens is 306 g/mol. The Bertz CT molecular complexity index is 951. The minimum absolute atomic E-state index is 0.335. The second-order valence-electron chi connectivity index (χ2n) is 5.91. The lowest BCUT2D eigenvalue weighted by Crippen LogP contribution is -1.96. The van der Waals surface area contributed by atoms with E-state index >= 15 is 0 Å². The number of nitrogens with one attached hydrogen (secondary N) is 1. The molecule has 0 unspecified atom stereocenters. The normalized spacial score (nSPS) is 11.6. The molecule has 0 aliphatic heterocycles. The van der Waals surface area contributed by atoms with Gasteiger partial charge in [-0.15, -0.1) is 0 Å². The third-order valence-electron chi connectivity index (χ3n) is 3.85. The van der Waals surface area contributed by atoms with E-state index in [1.54, 1.807) is 12.1 Å². The van der Waals surface area contributed by atoms with Gasteiger partial charge >= 0.3 is 0 Å². The zero-order valence-electron chi connectivity index (χ0n) is 13.4. The SMILES string of the molecule is Cc1cccc(-c2cc(C)[nH]c2-c2ccc(S(C)(=O)=O)cc2)c1. The molecule has 0 radical (unpaired) electrons. The average Bonchev–Trinajstić information content (AvgIpc) is 2.88. The summed E-state index contributed by atoms with van der Waals surface area (Å²) in [5.41, 5.74) is 6.54. The number of aryl methyl sites for hydroxylation is 2. The van der Waals surface area contributed by atoms with Crippen molar-refractivity contribution < 1.29 is 8.42 Å². The van der Waals surface area contributed by atoms with E-state index in [0.29, 0.717) is 4.90 Å². The minimum Gasteiger partial charge on any atom is -0.358 e. The molecule has 0 atom stereocenters. The first-order chi connectivity index (χ1) is 10.8. The van der Waals surface area contributed by atoms with Crippen molar-refractivity contribution in [1.29, 1.82) is 0 Å². The molecular formula is C19H19NO2S. The van der Waals surface area contributed by atoms with Crippen LogP contribution in [0.1, 0.15) is 11.3 Å². The molecule has 0 bridgehead atoms. The van der Waals surface area contributed by atoms with Crippen LogP contribution in [0.5, 0.6) is 0 Å². The molecule has 0 aliphatic carbocycles. The van der Waals surface area contributed by atoms with Crippen LogP contribution in [0.15, 0.2) is 59.5 Å². The van der Waals surface area contributed by atoms with Crippen LogP contribution in [-0.4, -0.2) is 19.7 Å². The molecule has 1 heterocycles. The highest BCUT2D eigenvalue weighted by Crippen LogP contribution is 2.33. The predicted molar refractivity (Wildman–Crippen MR) is 94.2 cm³/mol. The number of hydrogen-bond acceptors (Lipinski definition) is 2. The first-order valence-corrected chi connectivity index (χ1v) is 9.31. The third kappa shape index (κ3) is 3.22. The van der Waals surface area contributed by atoms with Gasteiger partial charge in [-0.05, 0) is 43.2 Å². The summed E-state index contributed by atoms with van der Waals surface area (Å²) in [6.07, 6.45) is 1.22. The average molecular weight is 325 g/mol. The van der Waals surface area contributed by atoms with Gasteiger partial charge in [0.2, 0.25) is 0 Å². The van der Waals surface area contributed by atoms with E-state index in [1.165, 1.54) is 11.8 Å². The number of benzene rings is 2. The molecule has 4 heteroatoms. The summed E-state index contributed by atoms with van der Waals surface area (Å²) in [7, 11) is -3.17. The molecule has 0 saturated carbocycles. The monoisotopic (exact) mass is 325 g/mol. The van der Waals surface area contributed by atoms with Crippen LogP contribution in [-0.2, 0) is 9.84 Å². The number of H-pyrrole nitrogens is 1. The Labute approximate surface area is 136 Å². The summed E-state index contributed by atoms with van der Waals surface area (Å²) >= 11 is 0. The Morgan fingerprint density at radius 1 is 0.870 bits per heavy atom. The van der Waals surface area contributed by atoms with Gasteiger partial charge in [-0.2, -0.15) is 0 Å². The zero-order chi connectivity index (χ0) is 16.6. The van der Waals surface area contributed by atoms with Crippen molar-refractivity contribution in [2.24, 2.45) is 0 Å². The van der Waals surface area contributed by atoms with Crippen LogP contribution < -0.4 is 0 Å². The second-order valence-corrected chi connectivity index (χ2v) is 7.92. The van der Waals surface area contributed by atoms with E-state index in [0.717, 1.165) is 28.1 Å². The minimum atomic E-state index is -3.17. The number of sulfone groups is 1. The smallest absolute Gasteiger partial charge is 0.175 e. The Morgan fingerprint density at radius 3 is 2.17 bits per heavy atom. The summed E-state index contributed by atoms with van der Waals surface area (Å²) in [6.45, 7) is 4.09. The third-order valence-corrected chi connectivity index (χ3v) is 4.98. The molecule has 3 nitrogen and oxygen atoms in total. The summed E-state index contributed by atoms with van der Waals surface area (Å²) in [5, 5.41) is 0. The fourth-order valence-electron chi connectivity index (χ4n) is 2.73. The van der Waals surface area contributed by atoms with Crippen LogP contribution in [0.2, 0.25) is 0 Å². The van der Waals surface area contributed by atoms with Crippen LogP contribution in [0.25, 0.3) is 22.4 Å². The molecule has 118 valence electrons. The van der Waals surface area contributed by atoms with E-state index in [1.807, 2.05) is 25.1 Å². The lowest BCUT2D eigenvalue weighted by molar-refractivity contribution is 0.602. The Hall–Kier alpha value is -2.33. The summed E-state index contributed by atoms with van der Waals surface area (Å²) in [4.78, 5) is 3.72. The molecule has 3 aromatic rings. The predicted octanol–water partition coefficient (Wildman–Crippen LogP) is 4.37. The highest BCUT2D eigenvalue weighted by molar-refractivity contribution is 7.90. The Balaban J connectivity index is 2.11. The lowest BCUT2D eigenvalue weighted by atomic mass is 10.00. The molecule has 1 N–H and O–H groups in total. The molecule has 0 spiro atoms. The largest absolute Gasteiger partial charge is 0.358 e. The van der Waals surface area contributed by atoms with E-state index in [4.69, 9.17) is 0 Å². The number of rotatable bonds is 3. The van der Waals surface area contributed by atoms with Crippen molar-refractivity contribution in [3.8, 4) is 22.4 Å². The van der Waals surface area contributed by atoms with Crippen molar-refractivity contribution >= 4 is 9.84 Å². The fourth-order valence-corrected chi connectivity index (χ4v) is 3.36. The number of hydrogen-bond donors (Lipinski definition) is 1. The van der Waals surface area contributed by atoms with Crippen molar-refractivity contribution in [1.82, 2.24) is 4.98 Å². The summed E-state index contributed by atoms with van der Waals surface area (Å²) in [5.74, 6) is 0. The Kier molecular flexibility index (Phi) is 3.86. The molecule has 2 aromatic carbocycles. The maximum atomic E-state index is 11.6. The van der Waals surface area contributed by atoms with E-state index in [2.05, 4.69) is 36.2 Å². The molecule has 0 amide bonds. The van der Waals surface area contributed by atoms with Gasteiger partial charge in [0.25, 0.3) is 0 Å². The highest BCUT2D eigenvalue weighted by atomic mass is 32.2. The van der Waals surface area contributed by atoms with Crippen molar-refractivity contribution in [3.05, 3.63) is 65.9 Å². The second kappa shape index (κ2) is 5.70. The lowest BCUT2D eigenvalue weighted by Gasteiger charge is -2.07. The first kappa shape index (κ1) is 15.6. The molecule has 0 aliphatic rings. The van der Waals surface area contributed by atoms with Gasteiger partial charge in [-0.25, -0.2) is 8.42 Å². The van der Waals surface area contributed by atoms with Gasteiger partial charge in [0.15, 0.2) is 9.84 Å². The molecule has 23 heavy (non-hydrogen) atoms. The van der Waals surface area contributed by atoms with E-state index in [9.17, 15) is 8.42 Å². The van der Waals surface area contributed by atoms with Crippen LogP contribution in [0.3, 0.4) is 0 Å². The van der Waals surface area contributed by atoms with Gasteiger partial charge in [0.1, 0.15) is 0 Å². The fraction of sp³-hybridized carbons (Fsp3) is 0.158. The van der Waals surface area contributed by atoms with Gasteiger partial charge in [-0.1, -0.05) is 42.0 Å². The van der Waals surface area contributed by atoms with E-state index in [-0.39, 0.29) is 0 Å². The van der Waals surface area contributed by atoms with Crippen molar-refractivity contribution in [3.63, 3.8) is 0 Å². The Morgan fingerprint density at radius 2 is 1.57 bits per heavy atom. The van der Waals surface area contributed by atoms with Gasteiger partial charge in [-0.3, -0.25) is 0 Å². The summed E-state index contributed by atoms with van der Waals surface area (Å²) < 4.78 is 23.2. The van der Waals surface area contributed by atoms with Crippen molar-refractivity contribution in [2.75, 3.05) is 6.26 Å². The topological polar surface area (TPSA) is 49.9 Å².